The molecule has 5 heteroatoms. The molecule has 0 bridgehead atoms. The third-order valence-corrected chi connectivity index (χ3v) is 4.51. The third kappa shape index (κ3) is 1.91. The summed E-state index contributed by atoms with van der Waals surface area (Å²) in [4.78, 5) is 4.14. The van der Waals surface area contributed by atoms with Crippen LogP contribution in [0.15, 0.2) is 24.3 Å². The molecule has 1 saturated carbocycles. The minimum absolute atomic E-state index is 0.0335. The molecule has 3 nitrogen and oxygen atoms in total. The number of halogens is 2. The summed E-state index contributed by atoms with van der Waals surface area (Å²) in [5.41, 5.74) is 0. The van der Waals surface area contributed by atoms with Gasteiger partial charge < -0.3 is 0 Å². The second kappa shape index (κ2) is 4.50. The maximum atomic E-state index is 14.1. The first kappa shape index (κ1) is 12.2. The standard InChI is InChI=1S/C15H17F2N3/c16-11-8-12(9-4-2-1-3-5-9)20-15(11)18-14(19-20)13(17)10-6-7-10/h1-4,9-13H,5-8H2/t9?,11-,12-,13-/m0/s1. The summed E-state index contributed by atoms with van der Waals surface area (Å²) >= 11 is 0. The monoisotopic (exact) mass is 277 g/mol. The molecular weight excluding hydrogens is 260 g/mol. The van der Waals surface area contributed by atoms with Crippen molar-refractivity contribution in [3.63, 3.8) is 0 Å². The highest BCUT2D eigenvalue weighted by Gasteiger charge is 2.41. The molecule has 0 amide bonds. The van der Waals surface area contributed by atoms with Gasteiger partial charge in [-0.1, -0.05) is 24.3 Å². The molecule has 2 heterocycles. The predicted octanol–water partition coefficient (Wildman–Crippen LogP) is 3.79. The summed E-state index contributed by atoms with van der Waals surface area (Å²) in [6.07, 6.45) is 8.97. The quantitative estimate of drug-likeness (QED) is 0.841. The van der Waals surface area contributed by atoms with Crippen LogP contribution in [0.1, 0.15) is 55.7 Å². The van der Waals surface area contributed by atoms with Crippen LogP contribution in [0.25, 0.3) is 0 Å². The molecule has 106 valence electrons. The molecule has 1 aliphatic heterocycles. The van der Waals surface area contributed by atoms with Crippen LogP contribution in [0.3, 0.4) is 0 Å². The van der Waals surface area contributed by atoms with Gasteiger partial charge in [0.05, 0.1) is 6.04 Å². The number of hydrogen-bond acceptors (Lipinski definition) is 2. The van der Waals surface area contributed by atoms with E-state index in [4.69, 9.17) is 0 Å². The van der Waals surface area contributed by atoms with Gasteiger partial charge in [-0.25, -0.2) is 18.4 Å². The van der Waals surface area contributed by atoms with Gasteiger partial charge in [0.15, 0.2) is 24.0 Å². The van der Waals surface area contributed by atoms with Crippen LogP contribution < -0.4 is 0 Å². The summed E-state index contributed by atoms with van der Waals surface area (Å²) in [7, 11) is 0. The maximum Gasteiger partial charge on any atom is 0.185 e. The minimum atomic E-state index is -1.12. The van der Waals surface area contributed by atoms with E-state index in [1.165, 1.54) is 0 Å². The first-order valence-electron chi connectivity index (χ1n) is 7.32. The van der Waals surface area contributed by atoms with Crippen molar-refractivity contribution >= 4 is 0 Å². The van der Waals surface area contributed by atoms with E-state index in [1.54, 1.807) is 4.68 Å². The van der Waals surface area contributed by atoms with Crippen LogP contribution in [0.4, 0.5) is 8.78 Å². The Morgan fingerprint density at radius 2 is 2.15 bits per heavy atom. The van der Waals surface area contributed by atoms with E-state index in [0.717, 1.165) is 19.3 Å². The van der Waals surface area contributed by atoms with Crippen LogP contribution >= 0.6 is 0 Å². The Kier molecular flexibility index (Phi) is 2.75. The molecule has 3 aliphatic rings. The number of fused-ring (bicyclic) bond motifs is 1. The van der Waals surface area contributed by atoms with Crippen LogP contribution in [0.5, 0.6) is 0 Å². The van der Waals surface area contributed by atoms with E-state index in [0.29, 0.717) is 12.2 Å². The van der Waals surface area contributed by atoms with Gasteiger partial charge in [0, 0.05) is 12.3 Å². The molecule has 0 spiro atoms. The van der Waals surface area contributed by atoms with Crippen LogP contribution in [-0.4, -0.2) is 14.8 Å². The lowest BCUT2D eigenvalue weighted by Crippen LogP contribution is -2.16. The lowest BCUT2D eigenvalue weighted by molar-refractivity contribution is 0.268. The van der Waals surface area contributed by atoms with Crippen molar-refractivity contribution in [1.29, 1.82) is 0 Å². The highest BCUT2D eigenvalue weighted by atomic mass is 19.1. The number of hydrogen-bond donors (Lipinski definition) is 0. The average molecular weight is 277 g/mol. The summed E-state index contributed by atoms with van der Waals surface area (Å²) in [5.74, 6) is 0.779. The summed E-state index contributed by atoms with van der Waals surface area (Å²) in [5, 5.41) is 4.29. The predicted molar refractivity (Wildman–Crippen MR) is 70.5 cm³/mol. The Morgan fingerprint density at radius 3 is 2.85 bits per heavy atom. The lowest BCUT2D eigenvalue weighted by atomic mass is 9.91. The van der Waals surface area contributed by atoms with Crippen LogP contribution in [0, 0.1) is 11.8 Å². The van der Waals surface area contributed by atoms with Gasteiger partial charge in [0.2, 0.25) is 0 Å². The van der Waals surface area contributed by atoms with E-state index >= 15 is 0 Å². The molecule has 0 aromatic carbocycles. The van der Waals surface area contributed by atoms with Gasteiger partial charge in [0.25, 0.3) is 0 Å². The maximum absolute atomic E-state index is 14.1. The normalized spacial score (nSPS) is 33.4. The fourth-order valence-corrected chi connectivity index (χ4v) is 3.19. The number of rotatable bonds is 3. The number of alkyl halides is 2. The molecule has 0 radical (unpaired) electrons. The van der Waals surface area contributed by atoms with E-state index in [9.17, 15) is 8.78 Å². The van der Waals surface area contributed by atoms with Crippen molar-refractivity contribution in [1.82, 2.24) is 14.8 Å². The van der Waals surface area contributed by atoms with Crippen molar-refractivity contribution in [3.8, 4) is 0 Å². The number of allylic oxidation sites excluding steroid dienone is 4. The Hall–Kier alpha value is -1.52. The van der Waals surface area contributed by atoms with Gasteiger partial charge in [-0.05, 0) is 25.2 Å². The highest BCUT2D eigenvalue weighted by molar-refractivity contribution is 5.16. The number of nitrogens with zero attached hydrogens (tertiary/aromatic N) is 3. The van der Waals surface area contributed by atoms with E-state index in [-0.39, 0.29) is 23.7 Å². The molecule has 4 atom stereocenters. The second-order valence-corrected chi connectivity index (χ2v) is 6.00. The molecule has 1 fully saturated rings. The Morgan fingerprint density at radius 1 is 1.30 bits per heavy atom. The Bertz CT molecular complexity index is 574. The van der Waals surface area contributed by atoms with Gasteiger partial charge in [-0.15, -0.1) is 0 Å². The Labute approximate surface area is 116 Å². The molecule has 1 aromatic heterocycles. The smallest absolute Gasteiger partial charge is 0.185 e. The second-order valence-electron chi connectivity index (χ2n) is 6.00. The van der Waals surface area contributed by atoms with Crippen molar-refractivity contribution in [3.05, 3.63) is 36.0 Å². The molecule has 2 aliphatic carbocycles. The fraction of sp³-hybridized carbons (Fsp3) is 0.600. The molecule has 1 unspecified atom stereocenters. The van der Waals surface area contributed by atoms with E-state index < -0.39 is 12.3 Å². The molecular formula is C15H17F2N3. The average Bonchev–Trinajstić information content (AvgIpc) is 3.15. The fourth-order valence-electron chi connectivity index (χ4n) is 3.19. The summed E-state index contributed by atoms with van der Waals surface area (Å²) in [6, 6.07) is -0.0335. The number of aromatic nitrogens is 3. The first-order chi connectivity index (χ1) is 9.74. The van der Waals surface area contributed by atoms with Crippen molar-refractivity contribution in [2.24, 2.45) is 11.8 Å². The SMILES string of the molecule is F[C@H](c1nc2n(n1)[C@H](C1C=CC=CC1)C[C@@H]2F)C1CC1. The lowest BCUT2D eigenvalue weighted by Gasteiger charge is -2.21. The van der Waals surface area contributed by atoms with Crippen LogP contribution in [0.2, 0.25) is 0 Å². The van der Waals surface area contributed by atoms with E-state index in [1.807, 2.05) is 12.2 Å². The van der Waals surface area contributed by atoms with Crippen molar-refractivity contribution in [2.45, 2.75) is 44.1 Å². The van der Waals surface area contributed by atoms with Gasteiger partial charge in [-0.2, -0.15) is 5.10 Å². The third-order valence-electron chi connectivity index (χ3n) is 4.51. The van der Waals surface area contributed by atoms with Gasteiger partial charge in [0.1, 0.15) is 0 Å². The first-order valence-corrected chi connectivity index (χ1v) is 7.32. The summed E-state index contributed by atoms with van der Waals surface area (Å²) < 4.78 is 29.9. The largest absolute Gasteiger partial charge is 0.243 e. The topological polar surface area (TPSA) is 30.7 Å². The van der Waals surface area contributed by atoms with Gasteiger partial charge in [-0.3, -0.25) is 0 Å². The highest BCUT2D eigenvalue weighted by Crippen LogP contribution is 2.46. The zero-order valence-electron chi connectivity index (χ0n) is 11.1. The Balaban J connectivity index is 1.63. The van der Waals surface area contributed by atoms with Gasteiger partial charge >= 0.3 is 0 Å². The summed E-state index contributed by atoms with van der Waals surface area (Å²) in [6.45, 7) is 0. The van der Waals surface area contributed by atoms with Crippen LogP contribution in [-0.2, 0) is 0 Å². The molecule has 0 saturated heterocycles. The molecule has 0 N–H and O–H groups in total. The minimum Gasteiger partial charge on any atom is -0.243 e. The molecule has 4 rings (SSSR count). The molecule has 1 aromatic rings. The van der Waals surface area contributed by atoms with Crippen molar-refractivity contribution in [2.75, 3.05) is 0 Å². The zero-order chi connectivity index (χ0) is 13.7. The van der Waals surface area contributed by atoms with Crippen molar-refractivity contribution < 1.29 is 8.78 Å². The molecule has 20 heavy (non-hydrogen) atoms. The zero-order valence-corrected chi connectivity index (χ0v) is 11.1. The van der Waals surface area contributed by atoms with E-state index in [2.05, 4.69) is 22.2 Å².